The largest absolute Gasteiger partial charge is 0.462 e. The standard InChI is InChI=1S/C18H30O4/c1-11(2)7-6-8-13(4)21-17(20)15-12(3)9-18(5)10-14(15)16(19)22-18/h11-15H,6-10H2,1-5H3. The molecule has 0 aromatic heterocycles. The van der Waals surface area contributed by atoms with Crippen LogP contribution >= 0.6 is 0 Å². The lowest BCUT2D eigenvalue weighted by molar-refractivity contribution is -0.161. The average molecular weight is 310 g/mol. The first-order valence-corrected chi connectivity index (χ1v) is 8.65. The Balaban J connectivity index is 1.90. The van der Waals surface area contributed by atoms with Gasteiger partial charge in [-0.3, -0.25) is 9.59 Å². The molecule has 5 atom stereocenters. The van der Waals surface area contributed by atoms with Gasteiger partial charge in [0.05, 0.1) is 17.9 Å². The van der Waals surface area contributed by atoms with Crippen LogP contribution in [0.1, 0.15) is 66.7 Å². The first-order valence-electron chi connectivity index (χ1n) is 8.65. The Kier molecular flexibility index (Phi) is 5.18. The van der Waals surface area contributed by atoms with Gasteiger partial charge in [0.2, 0.25) is 0 Å². The maximum absolute atomic E-state index is 12.5. The Bertz CT molecular complexity index is 431. The molecular weight excluding hydrogens is 280 g/mol. The van der Waals surface area contributed by atoms with Gasteiger partial charge in [-0.2, -0.15) is 0 Å². The number of ether oxygens (including phenoxy) is 2. The molecule has 0 N–H and O–H groups in total. The summed E-state index contributed by atoms with van der Waals surface area (Å²) in [5.41, 5.74) is -0.374. The molecule has 5 unspecified atom stereocenters. The number of rotatable bonds is 6. The number of hydrogen-bond acceptors (Lipinski definition) is 4. The molecule has 2 aliphatic rings. The molecule has 4 nitrogen and oxygen atoms in total. The Morgan fingerprint density at radius 2 is 2.00 bits per heavy atom. The van der Waals surface area contributed by atoms with E-state index in [4.69, 9.17) is 9.47 Å². The molecule has 0 amide bonds. The van der Waals surface area contributed by atoms with Crippen LogP contribution in [0.25, 0.3) is 0 Å². The molecular formula is C18H30O4. The quantitative estimate of drug-likeness (QED) is 0.702. The topological polar surface area (TPSA) is 52.6 Å². The van der Waals surface area contributed by atoms with Crippen molar-refractivity contribution in [2.24, 2.45) is 23.7 Å². The van der Waals surface area contributed by atoms with E-state index in [1.807, 2.05) is 20.8 Å². The van der Waals surface area contributed by atoms with Crippen molar-refractivity contribution >= 4 is 11.9 Å². The van der Waals surface area contributed by atoms with Crippen LogP contribution in [0, 0.1) is 23.7 Å². The van der Waals surface area contributed by atoms with E-state index in [1.165, 1.54) is 0 Å². The van der Waals surface area contributed by atoms with E-state index in [0.29, 0.717) is 12.3 Å². The molecule has 2 fully saturated rings. The van der Waals surface area contributed by atoms with Crippen LogP contribution in [0.4, 0.5) is 0 Å². The third kappa shape index (κ3) is 3.82. The highest BCUT2D eigenvalue weighted by atomic mass is 16.6. The van der Waals surface area contributed by atoms with Gasteiger partial charge in [-0.25, -0.2) is 0 Å². The van der Waals surface area contributed by atoms with E-state index < -0.39 is 0 Å². The maximum Gasteiger partial charge on any atom is 0.310 e. The van der Waals surface area contributed by atoms with Crippen LogP contribution < -0.4 is 0 Å². The Labute approximate surface area is 133 Å². The number of carbonyl (C=O) groups is 2. The summed E-state index contributed by atoms with van der Waals surface area (Å²) in [6, 6.07) is 0. The summed E-state index contributed by atoms with van der Waals surface area (Å²) >= 11 is 0. The van der Waals surface area contributed by atoms with Gasteiger partial charge in [0.1, 0.15) is 5.60 Å². The Hall–Kier alpha value is -1.06. The first kappa shape index (κ1) is 17.3. The summed E-state index contributed by atoms with van der Waals surface area (Å²) in [5, 5.41) is 0. The first-order chi connectivity index (χ1) is 10.2. The Morgan fingerprint density at radius 1 is 1.32 bits per heavy atom. The summed E-state index contributed by atoms with van der Waals surface area (Å²) in [6.45, 7) is 10.3. The van der Waals surface area contributed by atoms with Crippen molar-refractivity contribution in [3.05, 3.63) is 0 Å². The predicted octanol–water partition coefficient (Wildman–Crippen LogP) is 3.72. The zero-order chi connectivity index (χ0) is 16.5. The van der Waals surface area contributed by atoms with Crippen molar-refractivity contribution in [3.63, 3.8) is 0 Å². The number of hydrogen-bond donors (Lipinski definition) is 0. The molecule has 1 aliphatic carbocycles. The minimum absolute atomic E-state index is 0.0795. The lowest BCUT2D eigenvalue weighted by Crippen LogP contribution is -2.41. The molecule has 0 aromatic rings. The molecule has 4 heteroatoms. The number of fused-ring (bicyclic) bond motifs is 2. The lowest BCUT2D eigenvalue weighted by Gasteiger charge is -2.35. The Morgan fingerprint density at radius 3 is 2.64 bits per heavy atom. The molecule has 126 valence electrons. The minimum atomic E-state index is -0.374. The lowest BCUT2D eigenvalue weighted by atomic mass is 9.69. The molecule has 2 rings (SSSR count). The third-order valence-corrected chi connectivity index (χ3v) is 5.08. The molecule has 0 radical (unpaired) electrons. The van der Waals surface area contributed by atoms with Gasteiger partial charge in [0, 0.05) is 6.42 Å². The zero-order valence-electron chi connectivity index (χ0n) is 14.6. The molecule has 1 aliphatic heterocycles. The summed E-state index contributed by atoms with van der Waals surface area (Å²) in [4.78, 5) is 24.5. The van der Waals surface area contributed by atoms with Gasteiger partial charge >= 0.3 is 11.9 Å². The average Bonchev–Trinajstić information content (AvgIpc) is 2.58. The number of carbonyl (C=O) groups excluding carboxylic acids is 2. The van der Waals surface area contributed by atoms with Crippen molar-refractivity contribution in [2.75, 3.05) is 0 Å². The highest BCUT2D eigenvalue weighted by Crippen LogP contribution is 2.48. The molecule has 0 spiro atoms. The van der Waals surface area contributed by atoms with Crippen LogP contribution in [-0.4, -0.2) is 23.6 Å². The van der Waals surface area contributed by atoms with Crippen LogP contribution in [0.3, 0.4) is 0 Å². The fourth-order valence-corrected chi connectivity index (χ4v) is 4.06. The number of esters is 2. The molecule has 2 bridgehead atoms. The van der Waals surface area contributed by atoms with Crippen LogP contribution in [0.15, 0.2) is 0 Å². The van der Waals surface area contributed by atoms with Crippen molar-refractivity contribution in [1.29, 1.82) is 0 Å². The van der Waals surface area contributed by atoms with Gasteiger partial charge in [0.25, 0.3) is 0 Å². The van der Waals surface area contributed by atoms with Crippen LogP contribution in [0.2, 0.25) is 0 Å². The van der Waals surface area contributed by atoms with E-state index >= 15 is 0 Å². The molecule has 22 heavy (non-hydrogen) atoms. The fraction of sp³-hybridized carbons (Fsp3) is 0.889. The van der Waals surface area contributed by atoms with Crippen molar-refractivity contribution in [2.45, 2.75) is 78.4 Å². The van der Waals surface area contributed by atoms with Gasteiger partial charge in [-0.15, -0.1) is 0 Å². The minimum Gasteiger partial charge on any atom is -0.462 e. The summed E-state index contributed by atoms with van der Waals surface area (Å²) in [6.07, 6.45) is 4.42. The maximum atomic E-state index is 12.5. The SMILES string of the molecule is CC(C)CCCC(C)OC(=O)C1C(C)CC2(C)CC1C(=O)O2. The second kappa shape index (κ2) is 6.59. The van der Waals surface area contributed by atoms with Crippen molar-refractivity contribution in [1.82, 2.24) is 0 Å². The molecule has 1 saturated carbocycles. The van der Waals surface area contributed by atoms with E-state index in [9.17, 15) is 9.59 Å². The highest BCUT2D eigenvalue weighted by molar-refractivity contribution is 5.84. The highest BCUT2D eigenvalue weighted by Gasteiger charge is 2.56. The summed E-state index contributed by atoms with van der Waals surface area (Å²) in [5.74, 6) is -0.283. The van der Waals surface area contributed by atoms with Crippen molar-refractivity contribution < 1.29 is 19.1 Å². The van der Waals surface area contributed by atoms with E-state index in [-0.39, 0.29) is 41.4 Å². The second-order valence-electron chi connectivity index (χ2n) is 7.96. The van der Waals surface area contributed by atoms with Crippen LogP contribution in [-0.2, 0) is 19.1 Å². The molecule has 0 aromatic carbocycles. The normalized spacial score (nSPS) is 35.4. The van der Waals surface area contributed by atoms with Gasteiger partial charge < -0.3 is 9.47 Å². The van der Waals surface area contributed by atoms with Crippen molar-refractivity contribution in [3.8, 4) is 0 Å². The third-order valence-electron chi connectivity index (χ3n) is 5.08. The van der Waals surface area contributed by atoms with E-state index in [1.54, 1.807) is 0 Å². The van der Waals surface area contributed by atoms with Crippen LogP contribution in [0.5, 0.6) is 0 Å². The van der Waals surface area contributed by atoms with E-state index in [0.717, 1.165) is 25.7 Å². The smallest absolute Gasteiger partial charge is 0.310 e. The second-order valence-corrected chi connectivity index (χ2v) is 7.96. The van der Waals surface area contributed by atoms with Gasteiger partial charge in [0.15, 0.2) is 0 Å². The fourth-order valence-electron chi connectivity index (χ4n) is 4.06. The van der Waals surface area contributed by atoms with Gasteiger partial charge in [-0.1, -0.05) is 27.2 Å². The molecule has 1 saturated heterocycles. The summed E-state index contributed by atoms with van der Waals surface area (Å²) < 4.78 is 11.1. The predicted molar refractivity (Wildman–Crippen MR) is 84.1 cm³/mol. The van der Waals surface area contributed by atoms with E-state index in [2.05, 4.69) is 13.8 Å². The summed E-state index contributed by atoms with van der Waals surface area (Å²) in [7, 11) is 0. The zero-order valence-corrected chi connectivity index (χ0v) is 14.6. The monoisotopic (exact) mass is 310 g/mol. The molecule has 1 heterocycles. The van der Waals surface area contributed by atoms with Gasteiger partial charge in [-0.05, 0) is 44.9 Å².